The van der Waals surface area contributed by atoms with E-state index in [2.05, 4.69) is 34.3 Å². The fraction of sp³-hybridized carbons (Fsp3) is 0.533. The van der Waals surface area contributed by atoms with Crippen molar-refractivity contribution in [3.05, 3.63) is 24.2 Å². The first-order valence-electron chi connectivity index (χ1n) is 7.43. The average Bonchev–Trinajstić information content (AvgIpc) is 3.08. The Kier molecular flexibility index (Phi) is 5.03. The van der Waals surface area contributed by atoms with E-state index in [1.807, 2.05) is 12.1 Å². The van der Waals surface area contributed by atoms with Gasteiger partial charge in [0, 0.05) is 12.2 Å². The summed E-state index contributed by atoms with van der Waals surface area (Å²) in [5, 5.41) is 7.39. The van der Waals surface area contributed by atoms with E-state index in [9.17, 15) is 0 Å². The Bertz CT molecular complexity index is 622. The molecule has 120 valence electrons. The van der Waals surface area contributed by atoms with E-state index in [0.29, 0.717) is 11.7 Å². The van der Waals surface area contributed by atoms with Crippen LogP contribution in [0.25, 0.3) is 11.5 Å². The highest BCUT2D eigenvalue weighted by Crippen LogP contribution is 2.36. The Hall–Kier alpha value is -1.66. The van der Waals surface area contributed by atoms with Crippen molar-refractivity contribution >= 4 is 18.2 Å². The molecule has 2 heterocycles. The number of hydrogen-bond acceptors (Lipinski definition) is 6. The second-order valence-electron chi connectivity index (χ2n) is 5.98. The van der Waals surface area contributed by atoms with E-state index in [1.165, 1.54) is 0 Å². The summed E-state index contributed by atoms with van der Waals surface area (Å²) in [5.41, 5.74) is 6.75. The van der Waals surface area contributed by atoms with Gasteiger partial charge in [0.05, 0.1) is 11.1 Å². The Morgan fingerprint density at radius 1 is 1.32 bits per heavy atom. The van der Waals surface area contributed by atoms with Gasteiger partial charge in [-0.25, -0.2) is 4.98 Å². The number of aromatic nitrogens is 3. The summed E-state index contributed by atoms with van der Waals surface area (Å²) in [5.74, 6) is 1.83. The summed E-state index contributed by atoms with van der Waals surface area (Å²) >= 11 is 0. The van der Waals surface area contributed by atoms with Crippen molar-refractivity contribution in [2.75, 3.05) is 5.32 Å². The monoisotopic (exact) mass is 323 g/mol. The quantitative estimate of drug-likeness (QED) is 0.898. The van der Waals surface area contributed by atoms with Crippen molar-refractivity contribution in [1.82, 2.24) is 15.1 Å². The summed E-state index contributed by atoms with van der Waals surface area (Å²) < 4.78 is 5.43. The number of hydrogen-bond donors (Lipinski definition) is 2. The highest BCUT2D eigenvalue weighted by Gasteiger charge is 2.36. The van der Waals surface area contributed by atoms with Crippen LogP contribution in [0.15, 0.2) is 22.9 Å². The van der Waals surface area contributed by atoms with Crippen LogP contribution in [0.3, 0.4) is 0 Å². The zero-order chi connectivity index (χ0) is 14.9. The molecule has 1 fully saturated rings. The largest absolute Gasteiger partial charge is 0.367 e. The zero-order valence-electron chi connectivity index (χ0n) is 12.9. The molecule has 2 aromatic rings. The number of halogens is 1. The van der Waals surface area contributed by atoms with Gasteiger partial charge in [0.2, 0.25) is 0 Å². The third kappa shape index (κ3) is 3.23. The van der Waals surface area contributed by atoms with Crippen LogP contribution in [0.2, 0.25) is 0 Å². The van der Waals surface area contributed by atoms with Crippen molar-refractivity contribution in [1.29, 1.82) is 0 Å². The molecular formula is C15H22ClN5O. The maximum Gasteiger partial charge on any atom is 0.261 e. The third-order valence-corrected chi connectivity index (χ3v) is 3.83. The molecule has 3 N–H and O–H groups in total. The van der Waals surface area contributed by atoms with Gasteiger partial charge in [-0.3, -0.25) is 0 Å². The molecule has 1 saturated carbocycles. The predicted molar refractivity (Wildman–Crippen MR) is 87.9 cm³/mol. The smallest absolute Gasteiger partial charge is 0.261 e. The van der Waals surface area contributed by atoms with Crippen molar-refractivity contribution in [3.63, 3.8) is 0 Å². The number of nitrogens with one attached hydrogen (secondary N) is 1. The molecule has 0 bridgehead atoms. The van der Waals surface area contributed by atoms with Gasteiger partial charge in [-0.1, -0.05) is 18.0 Å². The second-order valence-corrected chi connectivity index (χ2v) is 5.98. The molecule has 7 heteroatoms. The summed E-state index contributed by atoms with van der Waals surface area (Å²) in [7, 11) is 0. The first kappa shape index (κ1) is 16.7. The second kappa shape index (κ2) is 6.62. The number of pyridine rings is 1. The molecule has 0 radical (unpaired) electrons. The topological polar surface area (TPSA) is 89.9 Å². The van der Waals surface area contributed by atoms with E-state index >= 15 is 0 Å². The predicted octanol–water partition coefficient (Wildman–Crippen LogP) is 3.10. The highest BCUT2D eigenvalue weighted by molar-refractivity contribution is 5.85. The molecule has 0 aliphatic heterocycles. The first-order valence-corrected chi connectivity index (χ1v) is 7.43. The van der Waals surface area contributed by atoms with Gasteiger partial charge in [0.25, 0.3) is 5.89 Å². The maximum absolute atomic E-state index is 6.37. The van der Waals surface area contributed by atoms with Crippen LogP contribution in [-0.2, 0) is 5.54 Å². The molecule has 0 amide bonds. The average molecular weight is 324 g/mol. The van der Waals surface area contributed by atoms with Crippen LogP contribution in [0.4, 0.5) is 5.82 Å². The number of nitrogens with zero attached hydrogens (tertiary/aromatic N) is 3. The normalized spacial score (nSPS) is 16.5. The standard InChI is InChI=1S/C15H21N5O.ClH/c1-10(2)18-12-11(6-5-9-17-12)13-19-14(20-21-13)15(16)7-3-4-8-15;/h5-6,9-10H,3-4,7-8,16H2,1-2H3,(H,17,18);1H. The number of anilines is 1. The SMILES string of the molecule is CC(C)Nc1ncccc1-c1nc(C2(N)CCCC2)no1.Cl. The molecule has 1 aliphatic rings. The van der Waals surface area contributed by atoms with Gasteiger partial charge in [0.1, 0.15) is 5.82 Å². The van der Waals surface area contributed by atoms with Crippen LogP contribution in [0.1, 0.15) is 45.4 Å². The number of nitrogens with two attached hydrogens (primary N) is 1. The van der Waals surface area contributed by atoms with E-state index in [1.54, 1.807) is 6.20 Å². The van der Waals surface area contributed by atoms with Gasteiger partial charge in [0.15, 0.2) is 5.82 Å². The summed E-state index contributed by atoms with van der Waals surface area (Å²) in [6.45, 7) is 4.12. The molecule has 3 rings (SSSR count). The Labute approximate surface area is 136 Å². The minimum absolute atomic E-state index is 0. The summed E-state index contributed by atoms with van der Waals surface area (Å²) in [6, 6.07) is 4.06. The highest BCUT2D eigenvalue weighted by atomic mass is 35.5. The molecule has 0 spiro atoms. The first-order chi connectivity index (χ1) is 10.1. The lowest BCUT2D eigenvalue weighted by Gasteiger charge is -2.17. The van der Waals surface area contributed by atoms with Crippen molar-refractivity contribution in [2.45, 2.75) is 51.1 Å². The van der Waals surface area contributed by atoms with Crippen molar-refractivity contribution < 1.29 is 4.52 Å². The van der Waals surface area contributed by atoms with Crippen LogP contribution < -0.4 is 11.1 Å². The Balaban J connectivity index is 0.00000176. The van der Waals surface area contributed by atoms with Gasteiger partial charge >= 0.3 is 0 Å². The van der Waals surface area contributed by atoms with Crippen LogP contribution in [-0.4, -0.2) is 21.2 Å². The fourth-order valence-corrected chi connectivity index (χ4v) is 2.73. The zero-order valence-corrected chi connectivity index (χ0v) is 13.7. The summed E-state index contributed by atoms with van der Waals surface area (Å²) in [4.78, 5) is 8.87. The van der Waals surface area contributed by atoms with Crippen LogP contribution in [0.5, 0.6) is 0 Å². The Morgan fingerprint density at radius 3 is 2.73 bits per heavy atom. The van der Waals surface area contributed by atoms with Crippen LogP contribution >= 0.6 is 12.4 Å². The lowest BCUT2D eigenvalue weighted by molar-refractivity contribution is 0.372. The molecule has 1 aliphatic carbocycles. The minimum atomic E-state index is -0.435. The molecular weight excluding hydrogens is 302 g/mol. The summed E-state index contributed by atoms with van der Waals surface area (Å²) in [6.07, 6.45) is 5.81. The minimum Gasteiger partial charge on any atom is -0.367 e. The Morgan fingerprint density at radius 2 is 2.05 bits per heavy atom. The van der Waals surface area contributed by atoms with Gasteiger partial charge < -0.3 is 15.6 Å². The lowest BCUT2D eigenvalue weighted by atomic mass is 9.99. The molecule has 0 unspecified atom stereocenters. The lowest BCUT2D eigenvalue weighted by Crippen LogP contribution is -2.34. The molecule has 22 heavy (non-hydrogen) atoms. The van der Waals surface area contributed by atoms with Crippen molar-refractivity contribution in [3.8, 4) is 11.5 Å². The molecule has 6 nitrogen and oxygen atoms in total. The molecule has 0 atom stereocenters. The van der Waals surface area contributed by atoms with Gasteiger partial charge in [-0.15, -0.1) is 12.4 Å². The van der Waals surface area contributed by atoms with E-state index in [0.717, 1.165) is 37.1 Å². The van der Waals surface area contributed by atoms with E-state index in [-0.39, 0.29) is 18.4 Å². The van der Waals surface area contributed by atoms with E-state index in [4.69, 9.17) is 10.3 Å². The maximum atomic E-state index is 6.37. The molecule has 0 saturated heterocycles. The number of rotatable bonds is 4. The van der Waals surface area contributed by atoms with E-state index < -0.39 is 5.54 Å². The van der Waals surface area contributed by atoms with Gasteiger partial charge in [-0.2, -0.15) is 4.98 Å². The van der Waals surface area contributed by atoms with Crippen LogP contribution in [0, 0.1) is 0 Å². The van der Waals surface area contributed by atoms with Crippen molar-refractivity contribution in [2.24, 2.45) is 5.73 Å². The molecule has 2 aromatic heterocycles. The molecule has 0 aromatic carbocycles. The van der Waals surface area contributed by atoms with Gasteiger partial charge in [-0.05, 0) is 38.8 Å². The third-order valence-electron chi connectivity index (χ3n) is 3.83. The fourth-order valence-electron chi connectivity index (χ4n) is 2.73.